The molecule has 10 nitrogen and oxygen atoms in total. The average molecular weight is 612 g/mol. The summed E-state index contributed by atoms with van der Waals surface area (Å²) in [6.45, 7) is 20.6. The van der Waals surface area contributed by atoms with E-state index in [9.17, 15) is 28.7 Å². The first-order valence-corrected chi connectivity index (χ1v) is 13.7. The SMILES string of the molecule is C=C.C=C/C(F)=C\C=C(/C)CC(C)(O)CCN(CCC)C(=O)c1nc(C(=N)C=O)c(=O)[nH]c1Cl.CC.CC(=O)N(C)C. The second-order valence-electron chi connectivity index (χ2n) is 9.01. The topological polar surface area (TPSA) is 148 Å². The van der Waals surface area contributed by atoms with Crippen molar-refractivity contribution in [2.45, 2.75) is 66.4 Å². The minimum Gasteiger partial charge on any atom is -0.390 e. The van der Waals surface area contributed by atoms with Crippen molar-refractivity contribution in [3.8, 4) is 0 Å². The van der Waals surface area contributed by atoms with E-state index in [4.69, 9.17) is 17.0 Å². The third kappa shape index (κ3) is 17.2. The maximum atomic E-state index is 13.2. The molecule has 1 unspecified atom stereocenters. The van der Waals surface area contributed by atoms with Crippen molar-refractivity contribution in [3.05, 3.63) is 76.3 Å². The lowest BCUT2D eigenvalue weighted by Gasteiger charge is -2.29. The van der Waals surface area contributed by atoms with Crippen LogP contribution in [0.2, 0.25) is 5.15 Å². The van der Waals surface area contributed by atoms with Gasteiger partial charge in [-0.1, -0.05) is 50.6 Å². The summed E-state index contributed by atoms with van der Waals surface area (Å²) >= 11 is 6.00. The molecule has 0 aliphatic rings. The number of aldehydes is 1. The third-order valence-electron chi connectivity index (χ3n) is 5.16. The minimum atomic E-state index is -1.18. The van der Waals surface area contributed by atoms with E-state index in [0.717, 1.165) is 11.6 Å². The van der Waals surface area contributed by atoms with Crippen LogP contribution in [0.5, 0.6) is 0 Å². The first kappa shape index (κ1) is 42.8. The van der Waals surface area contributed by atoms with Crippen molar-refractivity contribution in [1.82, 2.24) is 19.8 Å². The summed E-state index contributed by atoms with van der Waals surface area (Å²) in [5, 5.41) is 18.0. The molecule has 236 valence electrons. The highest BCUT2D eigenvalue weighted by atomic mass is 35.5. The fraction of sp³-hybridized carbons (Fsp3) is 0.467. The Hall–Kier alpha value is -3.70. The molecular weight excluding hydrogens is 565 g/mol. The van der Waals surface area contributed by atoms with Crippen LogP contribution < -0.4 is 5.56 Å². The first-order chi connectivity index (χ1) is 19.6. The smallest absolute Gasteiger partial charge is 0.277 e. The number of allylic oxidation sites excluding steroid dienone is 4. The van der Waals surface area contributed by atoms with Crippen molar-refractivity contribution in [1.29, 1.82) is 5.41 Å². The summed E-state index contributed by atoms with van der Waals surface area (Å²) in [5.41, 5.74) is -2.76. The van der Waals surface area contributed by atoms with E-state index < -0.39 is 34.3 Å². The number of carbonyl (C=O) groups is 3. The molecule has 0 bridgehead atoms. The molecule has 1 heterocycles. The number of hydrogen-bond donors (Lipinski definition) is 3. The number of halogens is 2. The first-order valence-electron chi connectivity index (χ1n) is 13.3. The molecule has 1 aromatic heterocycles. The van der Waals surface area contributed by atoms with Crippen LogP contribution >= 0.6 is 11.6 Å². The van der Waals surface area contributed by atoms with Crippen LogP contribution in [0.4, 0.5) is 4.39 Å². The molecule has 0 aliphatic heterocycles. The zero-order valence-corrected chi connectivity index (χ0v) is 26.9. The molecule has 2 amide bonds. The van der Waals surface area contributed by atoms with Gasteiger partial charge >= 0.3 is 0 Å². The van der Waals surface area contributed by atoms with Crippen molar-refractivity contribution < 1.29 is 23.9 Å². The second kappa shape index (κ2) is 22.9. The van der Waals surface area contributed by atoms with E-state index in [1.165, 1.54) is 22.8 Å². The minimum absolute atomic E-state index is 0.0926. The molecule has 0 saturated carbocycles. The number of aliphatic hydroxyl groups is 1. The molecule has 1 rings (SSSR count). The molecule has 3 N–H and O–H groups in total. The molecule has 0 radical (unpaired) electrons. The maximum absolute atomic E-state index is 13.2. The van der Waals surface area contributed by atoms with E-state index in [1.807, 2.05) is 20.8 Å². The lowest BCUT2D eigenvalue weighted by Crippen LogP contribution is -2.39. The van der Waals surface area contributed by atoms with E-state index >= 15 is 0 Å². The monoisotopic (exact) mass is 611 g/mol. The summed E-state index contributed by atoms with van der Waals surface area (Å²) in [6.07, 6.45) is 5.09. The fourth-order valence-corrected chi connectivity index (χ4v) is 3.17. The summed E-state index contributed by atoms with van der Waals surface area (Å²) in [4.78, 5) is 54.9. The number of aromatic nitrogens is 2. The van der Waals surface area contributed by atoms with Gasteiger partial charge in [-0.05, 0) is 45.3 Å². The van der Waals surface area contributed by atoms with Crippen molar-refractivity contribution in [2.75, 3.05) is 27.2 Å². The van der Waals surface area contributed by atoms with Crippen molar-refractivity contribution >= 4 is 35.4 Å². The van der Waals surface area contributed by atoms with Gasteiger partial charge in [-0.3, -0.25) is 24.6 Å². The van der Waals surface area contributed by atoms with Crippen molar-refractivity contribution in [3.63, 3.8) is 0 Å². The van der Waals surface area contributed by atoms with Gasteiger partial charge in [0.15, 0.2) is 17.7 Å². The molecule has 0 fully saturated rings. The summed E-state index contributed by atoms with van der Waals surface area (Å²) in [7, 11) is 3.45. The van der Waals surface area contributed by atoms with Gasteiger partial charge in [-0.2, -0.15) is 0 Å². The van der Waals surface area contributed by atoms with Gasteiger partial charge in [0.05, 0.1) is 5.60 Å². The predicted molar refractivity (Wildman–Crippen MR) is 169 cm³/mol. The van der Waals surface area contributed by atoms with Gasteiger partial charge in [0.1, 0.15) is 16.7 Å². The van der Waals surface area contributed by atoms with Gasteiger partial charge < -0.3 is 19.9 Å². The quantitative estimate of drug-likeness (QED) is 0.127. The number of nitrogens with zero attached hydrogens (tertiary/aromatic N) is 3. The van der Waals surface area contributed by atoms with Gasteiger partial charge in [0, 0.05) is 34.1 Å². The maximum Gasteiger partial charge on any atom is 0.277 e. The highest BCUT2D eigenvalue weighted by Gasteiger charge is 2.27. The van der Waals surface area contributed by atoms with E-state index in [2.05, 4.69) is 29.7 Å². The second-order valence-corrected chi connectivity index (χ2v) is 9.38. The summed E-state index contributed by atoms with van der Waals surface area (Å²) in [6, 6.07) is 0. The van der Waals surface area contributed by atoms with Gasteiger partial charge in [0.25, 0.3) is 11.5 Å². The normalized spacial score (nSPS) is 12.0. The van der Waals surface area contributed by atoms with Crippen LogP contribution in [0, 0.1) is 5.41 Å². The predicted octanol–water partition coefficient (Wildman–Crippen LogP) is 5.28. The molecule has 0 aromatic carbocycles. The average Bonchev–Trinajstić information content (AvgIpc) is 2.95. The van der Waals surface area contributed by atoms with E-state index in [0.29, 0.717) is 13.0 Å². The van der Waals surface area contributed by atoms with Gasteiger partial charge in [-0.15, -0.1) is 13.2 Å². The molecule has 1 aromatic rings. The molecule has 1 atom stereocenters. The van der Waals surface area contributed by atoms with Gasteiger partial charge in [-0.25, -0.2) is 9.37 Å². The Morgan fingerprint density at radius 3 is 2.12 bits per heavy atom. The number of carbonyl (C=O) groups excluding carboxylic acids is 3. The zero-order chi connectivity index (χ0) is 33.6. The van der Waals surface area contributed by atoms with Crippen LogP contribution in [0.3, 0.4) is 0 Å². The molecule has 0 spiro atoms. The number of hydrogen-bond acceptors (Lipinski definition) is 7. The summed E-state index contributed by atoms with van der Waals surface area (Å²) in [5.74, 6) is -1.00. The highest BCUT2D eigenvalue weighted by molar-refractivity contribution is 6.35. The lowest BCUT2D eigenvalue weighted by molar-refractivity contribution is -0.126. The molecule has 0 saturated heterocycles. The Balaban J connectivity index is -0.00000132. The standard InChI is InChI=1S/C22H28ClFN4O4.C4H9NO.C2H6.C2H4/c1-5-10-28(11-9-22(4,32)12-14(3)7-8-15(24)6-2)21(31)18-19(23)27-20(30)17(26-18)16(25)13-29;1-4(6)5(2)3;2*1-2/h6-8,13,25,32H,2,5,9-12H2,1,3-4H3,(H,27,30);1-3H3;1-2H3;1-2H2/b14-7+,15-8+,25-16?;;;. The van der Waals surface area contributed by atoms with Gasteiger partial charge in [0.2, 0.25) is 5.91 Å². The van der Waals surface area contributed by atoms with Crippen LogP contribution in [-0.2, 0) is 9.59 Å². The van der Waals surface area contributed by atoms with Crippen LogP contribution in [0.1, 0.15) is 77.0 Å². The number of amides is 2. The molecular formula is C30H47ClFN5O5. The fourth-order valence-electron chi connectivity index (χ4n) is 2.96. The molecule has 42 heavy (non-hydrogen) atoms. The largest absolute Gasteiger partial charge is 0.390 e. The molecule has 0 aliphatic carbocycles. The summed E-state index contributed by atoms with van der Waals surface area (Å²) < 4.78 is 13.2. The van der Waals surface area contributed by atoms with Crippen LogP contribution in [0.15, 0.2) is 54.2 Å². The van der Waals surface area contributed by atoms with Crippen LogP contribution in [-0.4, -0.2) is 81.5 Å². The van der Waals surface area contributed by atoms with Crippen molar-refractivity contribution in [2.24, 2.45) is 0 Å². The number of H-pyrrole nitrogens is 1. The Morgan fingerprint density at radius 1 is 1.17 bits per heavy atom. The lowest BCUT2D eigenvalue weighted by atomic mass is 9.93. The number of rotatable bonds is 12. The Labute approximate surface area is 254 Å². The van der Waals surface area contributed by atoms with Crippen LogP contribution in [0.25, 0.3) is 0 Å². The third-order valence-corrected chi connectivity index (χ3v) is 5.43. The highest BCUT2D eigenvalue weighted by Crippen LogP contribution is 2.22. The Morgan fingerprint density at radius 2 is 1.69 bits per heavy atom. The Kier molecular flexibility index (Phi) is 23.3. The van der Waals surface area contributed by atoms with E-state index in [-0.39, 0.29) is 42.4 Å². The number of nitrogens with one attached hydrogen (secondary N) is 2. The Bertz CT molecular complexity index is 1160. The van der Waals surface area contributed by atoms with E-state index in [1.54, 1.807) is 34.0 Å². The molecule has 12 heteroatoms. The zero-order valence-electron chi connectivity index (χ0n) is 26.1. The number of aromatic amines is 1.